The Hall–Kier alpha value is -1.53. The molecule has 0 unspecified atom stereocenters. The molecule has 0 saturated carbocycles. The van der Waals surface area contributed by atoms with E-state index in [1.54, 1.807) is 20.2 Å². The third-order valence-electron chi connectivity index (χ3n) is 3.03. The number of likely N-dealkylation sites (N-methyl/N-ethyl adjacent to an activating group) is 2. The minimum Gasteiger partial charge on any atom is -0.389 e. The Morgan fingerprint density at radius 3 is 2.55 bits per heavy atom. The molecule has 4 nitrogen and oxygen atoms in total. The molecule has 110 valence electrons. The van der Waals surface area contributed by atoms with Crippen LogP contribution in [0.5, 0.6) is 0 Å². The molecule has 0 aliphatic rings. The molecule has 0 fully saturated rings. The van der Waals surface area contributed by atoms with Gasteiger partial charge in [0.2, 0.25) is 5.91 Å². The normalized spacial score (nSPS) is 10.7. The Bertz CT molecular complexity index is 505. The number of carbonyl (C=O) groups excluding carboxylic acids is 1. The number of nitrogens with zero attached hydrogens (tertiary/aromatic N) is 2. The summed E-state index contributed by atoms with van der Waals surface area (Å²) in [6.07, 6.45) is 0. The van der Waals surface area contributed by atoms with Crippen LogP contribution in [0.1, 0.15) is 18.1 Å². The van der Waals surface area contributed by atoms with Gasteiger partial charge in [0.1, 0.15) is 10.8 Å². The van der Waals surface area contributed by atoms with Crippen molar-refractivity contribution >= 4 is 23.1 Å². The number of thiocarbonyl (C=S) groups is 1. The van der Waals surface area contributed by atoms with Gasteiger partial charge in [0, 0.05) is 26.2 Å². The molecule has 0 radical (unpaired) electrons. The lowest BCUT2D eigenvalue weighted by molar-refractivity contribution is -0.130. The fourth-order valence-corrected chi connectivity index (χ4v) is 1.99. The van der Waals surface area contributed by atoms with Crippen molar-refractivity contribution < 1.29 is 9.18 Å². The molecule has 1 aromatic carbocycles. The molecular weight excluding hydrogens is 277 g/mol. The number of hydrogen-bond acceptors (Lipinski definition) is 3. The highest BCUT2D eigenvalue weighted by molar-refractivity contribution is 7.80. The lowest BCUT2D eigenvalue weighted by Crippen LogP contribution is -2.36. The summed E-state index contributed by atoms with van der Waals surface area (Å²) >= 11 is 4.97. The van der Waals surface area contributed by atoms with Gasteiger partial charge in [0.15, 0.2) is 0 Å². The van der Waals surface area contributed by atoms with Crippen molar-refractivity contribution in [3.63, 3.8) is 0 Å². The van der Waals surface area contributed by atoms with Gasteiger partial charge in [-0.15, -0.1) is 0 Å². The van der Waals surface area contributed by atoms with E-state index in [-0.39, 0.29) is 23.3 Å². The number of halogens is 1. The second kappa shape index (κ2) is 7.31. The number of benzene rings is 1. The smallest absolute Gasteiger partial charge is 0.236 e. The quantitative estimate of drug-likeness (QED) is 0.806. The zero-order valence-corrected chi connectivity index (χ0v) is 12.8. The lowest BCUT2D eigenvalue weighted by atomic mass is 10.1. The highest BCUT2D eigenvalue weighted by Crippen LogP contribution is 2.14. The first-order valence-corrected chi connectivity index (χ1v) is 6.76. The van der Waals surface area contributed by atoms with E-state index in [1.807, 2.05) is 11.8 Å². The van der Waals surface area contributed by atoms with E-state index in [4.69, 9.17) is 18.0 Å². The molecule has 2 N–H and O–H groups in total. The zero-order chi connectivity index (χ0) is 15.3. The van der Waals surface area contributed by atoms with Gasteiger partial charge in [-0.3, -0.25) is 9.69 Å². The molecule has 0 aliphatic carbocycles. The summed E-state index contributed by atoms with van der Waals surface area (Å²) in [7, 11) is 3.41. The van der Waals surface area contributed by atoms with E-state index in [0.717, 1.165) is 0 Å². The molecule has 0 heterocycles. The second-order valence-electron chi connectivity index (χ2n) is 4.76. The Labute approximate surface area is 124 Å². The fraction of sp³-hybridized carbons (Fsp3) is 0.429. The topological polar surface area (TPSA) is 49.6 Å². The van der Waals surface area contributed by atoms with Gasteiger partial charge in [0.05, 0.1) is 6.54 Å². The van der Waals surface area contributed by atoms with Gasteiger partial charge >= 0.3 is 0 Å². The molecule has 0 aliphatic heterocycles. The van der Waals surface area contributed by atoms with Crippen LogP contribution in [0.4, 0.5) is 4.39 Å². The summed E-state index contributed by atoms with van der Waals surface area (Å²) in [6, 6.07) is 4.32. The summed E-state index contributed by atoms with van der Waals surface area (Å²) in [6.45, 7) is 3.33. The molecule has 0 aromatic heterocycles. The summed E-state index contributed by atoms with van der Waals surface area (Å²) in [5.41, 5.74) is 7.00. The predicted octanol–water partition coefficient (Wildman–Crippen LogP) is 1.37. The maximum atomic E-state index is 13.4. The first-order valence-electron chi connectivity index (χ1n) is 6.35. The SMILES string of the molecule is CCN(CC(=O)N(C)C)Cc1cc(F)ccc1C(N)=S. The van der Waals surface area contributed by atoms with Gasteiger partial charge in [-0.05, 0) is 30.3 Å². The van der Waals surface area contributed by atoms with Gasteiger partial charge in [-0.1, -0.05) is 19.1 Å². The van der Waals surface area contributed by atoms with Crippen molar-refractivity contribution in [1.29, 1.82) is 0 Å². The molecule has 0 bridgehead atoms. The summed E-state index contributed by atoms with van der Waals surface area (Å²) in [5, 5.41) is 0. The van der Waals surface area contributed by atoms with Gasteiger partial charge in [-0.25, -0.2) is 4.39 Å². The monoisotopic (exact) mass is 297 g/mol. The Morgan fingerprint density at radius 1 is 1.40 bits per heavy atom. The number of carbonyl (C=O) groups is 1. The van der Waals surface area contributed by atoms with Crippen LogP contribution in [-0.2, 0) is 11.3 Å². The van der Waals surface area contributed by atoms with Crippen molar-refractivity contribution in [1.82, 2.24) is 9.80 Å². The molecule has 1 aromatic rings. The van der Waals surface area contributed by atoms with Crippen LogP contribution in [0.2, 0.25) is 0 Å². The highest BCUT2D eigenvalue weighted by atomic mass is 32.1. The molecule has 1 rings (SSSR count). The Morgan fingerprint density at radius 2 is 2.05 bits per heavy atom. The van der Waals surface area contributed by atoms with Crippen LogP contribution in [0, 0.1) is 5.82 Å². The van der Waals surface area contributed by atoms with Gasteiger partial charge in [-0.2, -0.15) is 0 Å². The molecule has 0 spiro atoms. The highest BCUT2D eigenvalue weighted by Gasteiger charge is 2.14. The molecule has 0 saturated heterocycles. The van der Waals surface area contributed by atoms with E-state index in [2.05, 4.69) is 0 Å². The zero-order valence-electron chi connectivity index (χ0n) is 12.0. The van der Waals surface area contributed by atoms with E-state index >= 15 is 0 Å². The van der Waals surface area contributed by atoms with Crippen molar-refractivity contribution in [2.24, 2.45) is 5.73 Å². The maximum absolute atomic E-state index is 13.4. The van der Waals surface area contributed by atoms with Gasteiger partial charge < -0.3 is 10.6 Å². The third kappa shape index (κ3) is 4.54. The first kappa shape index (κ1) is 16.5. The standard InChI is InChI=1S/C14H20FN3OS/c1-4-18(9-13(19)17(2)3)8-10-7-11(15)5-6-12(10)14(16)20/h5-7H,4,8-9H2,1-3H3,(H2,16,20). The van der Waals surface area contributed by atoms with E-state index in [9.17, 15) is 9.18 Å². The average Bonchev–Trinajstić information content (AvgIpc) is 2.37. The summed E-state index contributed by atoms with van der Waals surface area (Å²) in [4.78, 5) is 15.4. The predicted molar refractivity (Wildman–Crippen MR) is 81.9 cm³/mol. The number of hydrogen-bond donors (Lipinski definition) is 1. The fourth-order valence-electron chi connectivity index (χ4n) is 1.79. The summed E-state index contributed by atoms with van der Waals surface area (Å²) < 4.78 is 13.4. The molecule has 0 atom stereocenters. The minimum absolute atomic E-state index is 0.000119. The number of amides is 1. The minimum atomic E-state index is -0.338. The average molecular weight is 297 g/mol. The first-order chi connectivity index (χ1) is 9.35. The van der Waals surface area contributed by atoms with Crippen LogP contribution in [-0.4, -0.2) is 47.9 Å². The molecular formula is C14H20FN3OS. The maximum Gasteiger partial charge on any atom is 0.236 e. The second-order valence-corrected chi connectivity index (χ2v) is 5.20. The number of rotatable bonds is 6. The third-order valence-corrected chi connectivity index (χ3v) is 3.25. The Kier molecular flexibility index (Phi) is 6.04. The lowest BCUT2D eigenvalue weighted by Gasteiger charge is -2.23. The van der Waals surface area contributed by atoms with Crippen molar-refractivity contribution in [2.45, 2.75) is 13.5 Å². The molecule has 6 heteroatoms. The van der Waals surface area contributed by atoms with Gasteiger partial charge in [0.25, 0.3) is 0 Å². The van der Waals surface area contributed by atoms with Crippen LogP contribution >= 0.6 is 12.2 Å². The van der Waals surface area contributed by atoms with Crippen molar-refractivity contribution in [2.75, 3.05) is 27.2 Å². The molecule has 20 heavy (non-hydrogen) atoms. The van der Waals surface area contributed by atoms with Crippen LogP contribution in [0.25, 0.3) is 0 Å². The van der Waals surface area contributed by atoms with E-state index in [1.165, 1.54) is 17.0 Å². The van der Waals surface area contributed by atoms with Crippen LogP contribution < -0.4 is 5.73 Å². The Balaban J connectivity index is 2.92. The molecule has 1 amide bonds. The van der Waals surface area contributed by atoms with Crippen LogP contribution in [0.15, 0.2) is 18.2 Å². The summed E-state index contributed by atoms with van der Waals surface area (Å²) in [5.74, 6) is -0.338. The van der Waals surface area contributed by atoms with Crippen LogP contribution in [0.3, 0.4) is 0 Å². The number of nitrogens with two attached hydrogens (primary N) is 1. The largest absolute Gasteiger partial charge is 0.389 e. The van der Waals surface area contributed by atoms with Crippen molar-refractivity contribution in [3.8, 4) is 0 Å². The van der Waals surface area contributed by atoms with Crippen molar-refractivity contribution in [3.05, 3.63) is 35.1 Å². The van der Waals surface area contributed by atoms with E-state index in [0.29, 0.717) is 24.2 Å². The van der Waals surface area contributed by atoms with E-state index < -0.39 is 0 Å².